The molecule has 0 spiro atoms. The number of methoxy groups -OCH3 is 2. The number of nitrogens with one attached hydrogen (secondary N) is 1. The van der Waals surface area contributed by atoms with Crippen molar-refractivity contribution in [3.05, 3.63) is 81.3 Å². The fourth-order valence-corrected chi connectivity index (χ4v) is 6.28. The van der Waals surface area contributed by atoms with Crippen LogP contribution < -0.4 is 19.1 Å². The van der Waals surface area contributed by atoms with E-state index in [1.165, 1.54) is 37.3 Å². The summed E-state index contributed by atoms with van der Waals surface area (Å²) >= 11 is 12.3. The highest BCUT2D eigenvalue weighted by Crippen LogP contribution is 2.33. The van der Waals surface area contributed by atoms with Crippen LogP contribution in [0.3, 0.4) is 0 Å². The zero-order valence-electron chi connectivity index (χ0n) is 25.1. The molecule has 0 aliphatic rings. The maximum absolute atomic E-state index is 14.2. The normalized spacial score (nSPS) is 11.9. The van der Waals surface area contributed by atoms with Gasteiger partial charge in [0.25, 0.3) is 10.0 Å². The number of halogens is 2. The van der Waals surface area contributed by atoms with E-state index in [1.54, 1.807) is 37.3 Å². The molecule has 3 rings (SSSR count). The van der Waals surface area contributed by atoms with Crippen molar-refractivity contribution in [2.45, 2.75) is 51.6 Å². The Kier molecular flexibility index (Phi) is 11.7. The van der Waals surface area contributed by atoms with E-state index >= 15 is 0 Å². The van der Waals surface area contributed by atoms with Gasteiger partial charge in [-0.1, -0.05) is 42.3 Å². The first kappa shape index (κ1) is 34.0. The highest BCUT2D eigenvalue weighted by molar-refractivity contribution is 7.92. The van der Waals surface area contributed by atoms with E-state index in [1.807, 2.05) is 26.8 Å². The lowest BCUT2D eigenvalue weighted by Crippen LogP contribution is -2.51. The molecule has 0 saturated carbocycles. The highest BCUT2D eigenvalue weighted by atomic mass is 35.5. The number of hydrogen-bond acceptors (Lipinski definition) is 6. The fraction of sp³-hybridized carbons (Fsp3) is 0.355. The predicted octanol–water partition coefficient (Wildman–Crippen LogP) is 5.77. The average molecular weight is 651 g/mol. The van der Waals surface area contributed by atoms with Gasteiger partial charge in [0.15, 0.2) is 11.5 Å². The molecule has 43 heavy (non-hydrogen) atoms. The van der Waals surface area contributed by atoms with Gasteiger partial charge in [-0.3, -0.25) is 13.9 Å². The van der Waals surface area contributed by atoms with Crippen LogP contribution in [0, 0.1) is 13.8 Å². The first-order chi connectivity index (χ1) is 20.3. The van der Waals surface area contributed by atoms with Crippen molar-refractivity contribution in [3.8, 4) is 11.5 Å². The maximum Gasteiger partial charge on any atom is 0.264 e. The topological polar surface area (TPSA) is 105 Å². The standard InChI is InChI=1S/C31H37Cl2N3O6S/c1-7-12-34-31(38)22(4)35(18-23-8-10-26(32)27(33)16-23)30(37)19-36(24-14-20(2)13-21(3)15-24)43(39,40)25-9-11-28(41-5)29(17-25)42-6/h8-11,13-17,22H,7,12,18-19H2,1-6H3,(H,34,38)/t22-/m0/s1. The van der Waals surface area contributed by atoms with Crippen molar-refractivity contribution in [3.63, 3.8) is 0 Å². The van der Waals surface area contributed by atoms with Gasteiger partial charge < -0.3 is 19.7 Å². The third-order valence-electron chi connectivity index (χ3n) is 6.77. The van der Waals surface area contributed by atoms with Gasteiger partial charge in [-0.2, -0.15) is 0 Å². The van der Waals surface area contributed by atoms with E-state index in [4.69, 9.17) is 32.7 Å². The summed E-state index contributed by atoms with van der Waals surface area (Å²) in [4.78, 5) is 28.4. The fourth-order valence-electron chi connectivity index (χ4n) is 4.54. The van der Waals surface area contributed by atoms with Gasteiger partial charge in [0.2, 0.25) is 11.8 Å². The highest BCUT2D eigenvalue weighted by Gasteiger charge is 2.33. The van der Waals surface area contributed by atoms with Gasteiger partial charge in [0, 0.05) is 19.2 Å². The Morgan fingerprint density at radius 1 is 0.907 bits per heavy atom. The number of rotatable bonds is 13. The smallest absolute Gasteiger partial charge is 0.264 e. The molecule has 9 nitrogen and oxygen atoms in total. The number of sulfonamides is 1. The van der Waals surface area contributed by atoms with E-state index in [0.29, 0.717) is 40.0 Å². The molecule has 0 unspecified atom stereocenters. The lowest BCUT2D eigenvalue weighted by Gasteiger charge is -2.32. The second-order valence-electron chi connectivity index (χ2n) is 10.1. The van der Waals surface area contributed by atoms with E-state index in [-0.39, 0.29) is 23.1 Å². The molecular weight excluding hydrogens is 613 g/mol. The molecule has 0 radical (unpaired) electrons. The molecular formula is C31H37Cl2N3O6S. The molecule has 0 fully saturated rings. The quantitative estimate of drug-likeness (QED) is 0.252. The Balaban J connectivity index is 2.11. The Hall–Kier alpha value is -3.47. The predicted molar refractivity (Wildman–Crippen MR) is 170 cm³/mol. The molecule has 3 aromatic rings. The van der Waals surface area contributed by atoms with Gasteiger partial charge in [0.05, 0.1) is 34.8 Å². The van der Waals surface area contributed by atoms with E-state index < -0.39 is 28.5 Å². The minimum atomic E-state index is -4.31. The van der Waals surface area contributed by atoms with Gasteiger partial charge in [-0.25, -0.2) is 8.42 Å². The monoisotopic (exact) mass is 649 g/mol. The van der Waals surface area contributed by atoms with E-state index in [2.05, 4.69) is 5.32 Å². The number of ether oxygens (including phenoxy) is 2. The minimum Gasteiger partial charge on any atom is -0.493 e. The SMILES string of the molecule is CCCNC(=O)[C@H](C)N(Cc1ccc(Cl)c(Cl)c1)C(=O)CN(c1cc(C)cc(C)c1)S(=O)(=O)c1ccc(OC)c(OC)c1. The molecule has 0 aromatic heterocycles. The lowest BCUT2D eigenvalue weighted by molar-refractivity contribution is -0.139. The summed E-state index contributed by atoms with van der Waals surface area (Å²) in [6.07, 6.45) is 0.712. The number of anilines is 1. The third kappa shape index (κ3) is 8.34. The second-order valence-corrected chi connectivity index (χ2v) is 12.8. The number of hydrogen-bond donors (Lipinski definition) is 1. The number of nitrogens with zero attached hydrogens (tertiary/aromatic N) is 2. The summed E-state index contributed by atoms with van der Waals surface area (Å²) in [6.45, 7) is 7.06. The molecule has 1 N–H and O–H groups in total. The number of carbonyl (C=O) groups is 2. The lowest BCUT2D eigenvalue weighted by atomic mass is 10.1. The van der Waals surface area contributed by atoms with Crippen molar-refractivity contribution in [2.75, 3.05) is 31.6 Å². The van der Waals surface area contributed by atoms with Crippen LogP contribution in [0.15, 0.2) is 59.5 Å². The van der Waals surface area contributed by atoms with Crippen molar-refractivity contribution in [1.82, 2.24) is 10.2 Å². The number of amides is 2. The molecule has 0 heterocycles. The van der Waals surface area contributed by atoms with E-state index in [0.717, 1.165) is 15.4 Å². The first-order valence-electron chi connectivity index (χ1n) is 13.7. The summed E-state index contributed by atoms with van der Waals surface area (Å²) in [6, 6.07) is 13.5. The van der Waals surface area contributed by atoms with Crippen LogP contribution >= 0.6 is 23.2 Å². The van der Waals surface area contributed by atoms with Crippen LogP contribution in [-0.2, 0) is 26.2 Å². The molecule has 0 bridgehead atoms. The second kappa shape index (κ2) is 14.8. The number of benzene rings is 3. The molecule has 1 atom stereocenters. The molecule has 232 valence electrons. The van der Waals surface area contributed by atoms with Gasteiger partial charge in [-0.05, 0) is 80.3 Å². The Labute approximate surface area is 263 Å². The van der Waals surface area contributed by atoms with Crippen molar-refractivity contribution >= 4 is 50.7 Å². The Morgan fingerprint density at radius 3 is 2.14 bits per heavy atom. The van der Waals surface area contributed by atoms with Crippen LogP contribution in [0.25, 0.3) is 0 Å². The van der Waals surface area contributed by atoms with Gasteiger partial charge >= 0.3 is 0 Å². The Morgan fingerprint density at radius 2 is 1.56 bits per heavy atom. The summed E-state index contributed by atoms with van der Waals surface area (Å²) in [5, 5.41) is 3.46. The molecule has 0 aliphatic carbocycles. The molecule has 2 amide bonds. The van der Waals surface area contributed by atoms with Crippen LogP contribution in [0.5, 0.6) is 11.5 Å². The molecule has 0 aliphatic heterocycles. The zero-order valence-corrected chi connectivity index (χ0v) is 27.4. The number of carbonyl (C=O) groups excluding carboxylic acids is 2. The van der Waals surface area contributed by atoms with Crippen LogP contribution in [0.1, 0.15) is 37.0 Å². The van der Waals surface area contributed by atoms with Crippen LogP contribution in [-0.4, -0.2) is 58.5 Å². The summed E-state index contributed by atoms with van der Waals surface area (Å²) < 4.78 is 40.1. The average Bonchev–Trinajstić information content (AvgIpc) is 2.97. The van der Waals surface area contributed by atoms with Crippen molar-refractivity contribution in [2.24, 2.45) is 0 Å². The first-order valence-corrected chi connectivity index (χ1v) is 15.9. The Bertz CT molecular complexity index is 1560. The van der Waals surface area contributed by atoms with E-state index in [9.17, 15) is 18.0 Å². The largest absolute Gasteiger partial charge is 0.493 e. The molecule has 0 saturated heterocycles. The van der Waals surface area contributed by atoms with Crippen LogP contribution in [0.4, 0.5) is 5.69 Å². The number of aryl methyl sites for hydroxylation is 2. The molecule has 3 aromatic carbocycles. The summed E-state index contributed by atoms with van der Waals surface area (Å²) in [5.41, 5.74) is 2.56. The summed E-state index contributed by atoms with van der Waals surface area (Å²) in [7, 11) is -1.45. The third-order valence-corrected chi connectivity index (χ3v) is 9.28. The summed E-state index contributed by atoms with van der Waals surface area (Å²) in [5.74, 6) is -0.377. The van der Waals surface area contributed by atoms with Crippen molar-refractivity contribution in [1.29, 1.82) is 0 Å². The molecule has 12 heteroatoms. The minimum absolute atomic E-state index is 0.00642. The van der Waals surface area contributed by atoms with Crippen LogP contribution in [0.2, 0.25) is 10.0 Å². The zero-order chi connectivity index (χ0) is 31.9. The maximum atomic E-state index is 14.2. The van der Waals surface area contributed by atoms with Gasteiger partial charge in [0.1, 0.15) is 12.6 Å². The van der Waals surface area contributed by atoms with Crippen molar-refractivity contribution < 1.29 is 27.5 Å². The van der Waals surface area contributed by atoms with Gasteiger partial charge in [-0.15, -0.1) is 0 Å².